The summed E-state index contributed by atoms with van der Waals surface area (Å²) in [4.78, 5) is 29.1. The standard InChI is InChI=1S/C28H25Cl2F3N2O5S/c1-34(26(36)17-6-9-24(40-2)21(12-17)28(31,32)33)19-10-11-35(15-19)27(37)18-4-7-20(25(14-18)41(3,38)39)16-5-8-22(29)23(30)13-16/h4-9,12-14,19H,10-11,15H2,1-3H3. The van der Waals surface area contributed by atoms with E-state index in [1.807, 2.05) is 0 Å². The Balaban J connectivity index is 1.55. The van der Waals surface area contributed by atoms with Crippen LogP contribution in [-0.2, 0) is 16.0 Å². The van der Waals surface area contributed by atoms with Crippen LogP contribution in [-0.4, -0.2) is 69.6 Å². The van der Waals surface area contributed by atoms with Gasteiger partial charge in [-0.3, -0.25) is 9.59 Å². The summed E-state index contributed by atoms with van der Waals surface area (Å²) in [7, 11) is -1.18. The van der Waals surface area contributed by atoms with Gasteiger partial charge in [-0.15, -0.1) is 0 Å². The zero-order valence-corrected chi connectivity index (χ0v) is 24.5. The van der Waals surface area contributed by atoms with Crippen molar-refractivity contribution in [3.05, 3.63) is 81.3 Å². The zero-order valence-electron chi connectivity index (χ0n) is 22.1. The Kier molecular flexibility index (Phi) is 8.63. The number of carbonyl (C=O) groups is 2. The Labute approximate surface area is 245 Å². The summed E-state index contributed by atoms with van der Waals surface area (Å²) in [6.07, 6.45) is -3.29. The van der Waals surface area contributed by atoms with E-state index in [9.17, 15) is 31.2 Å². The zero-order chi connectivity index (χ0) is 30.3. The molecule has 1 fully saturated rings. The van der Waals surface area contributed by atoms with Crippen LogP contribution in [0.1, 0.15) is 32.7 Å². The van der Waals surface area contributed by atoms with E-state index in [-0.39, 0.29) is 34.1 Å². The lowest BCUT2D eigenvalue weighted by atomic mass is 10.0. The van der Waals surface area contributed by atoms with Gasteiger partial charge in [0.2, 0.25) is 0 Å². The minimum atomic E-state index is -4.71. The highest BCUT2D eigenvalue weighted by Crippen LogP contribution is 2.37. The van der Waals surface area contributed by atoms with Crippen molar-refractivity contribution < 1.29 is 35.9 Å². The Morgan fingerprint density at radius 1 is 1.00 bits per heavy atom. The van der Waals surface area contributed by atoms with Gasteiger partial charge < -0.3 is 14.5 Å². The number of hydrogen-bond donors (Lipinski definition) is 0. The number of benzene rings is 3. The molecule has 1 aliphatic rings. The molecule has 1 saturated heterocycles. The summed E-state index contributed by atoms with van der Waals surface area (Å²) in [5, 5.41) is 0.553. The van der Waals surface area contributed by atoms with E-state index in [1.54, 1.807) is 12.1 Å². The Bertz CT molecular complexity index is 1630. The van der Waals surface area contributed by atoms with E-state index in [2.05, 4.69) is 0 Å². The fourth-order valence-electron chi connectivity index (χ4n) is 4.72. The Morgan fingerprint density at radius 3 is 2.29 bits per heavy atom. The van der Waals surface area contributed by atoms with E-state index < -0.39 is 45.2 Å². The molecule has 0 aliphatic carbocycles. The fourth-order valence-corrected chi connectivity index (χ4v) is 5.95. The molecule has 3 aromatic rings. The molecule has 2 amide bonds. The van der Waals surface area contributed by atoms with E-state index in [1.165, 1.54) is 47.2 Å². The van der Waals surface area contributed by atoms with Gasteiger partial charge in [-0.05, 0) is 54.4 Å². The van der Waals surface area contributed by atoms with Gasteiger partial charge in [0.15, 0.2) is 9.84 Å². The third-order valence-corrected chi connectivity index (χ3v) is 8.80. The third-order valence-electron chi connectivity index (χ3n) is 6.93. The van der Waals surface area contributed by atoms with E-state index in [0.29, 0.717) is 22.6 Å². The minimum absolute atomic E-state index is 0.0650. The van der Waals surface area contributed by atoms with Crippen LogP contribution < -0.4 is 4.74 Å². The number of likely N-dealkylation sites (tertiary alicyclic amines) is 1. The van der Waals surface area contributed by atoms with Gasteiger partial charge in [-0.25, -0.2) is 8.42 Å². The molecule has 218 valence electrons. The first kappa shape index (κ1) is 30.7. The Hall–Kier alpha value is -3.28. The summed E-state index contributed by atoms with van der Waals surface area (Å²) >= 11 is 12.1. The van der Waals surface area contributed by atoms with Gasteiger partial charge in [0.05, 0.1) is 33.7 Å². The minimum Gasteiger partial charge on any atom is -0.496 e. The lowest BCUT2D eigenvalue weighted by Crippen LogP contribution is -2.40. The van der Waals surface area contributed by atoms with Gasteiger partial charge in [-0.1, -0.05) is 35.3 Å². The number of alkyl halides is 3. The second kappa shape index (κ2) is 11.5. The lowest BCUT2D eigenvalue weighted by molar-refractivity contribution is -0.138. The van der Waals surface area contributed by atoms with Crippen molar-refractivity contribution in [1.29, 1.82) is 0 Å². The highest BCUT2D eigenvalue weighted by molar-refractivity contribution is 7.90. The van der Waals surface area contributed by atoms with Crippen molar-refractivity contribution in [3.63, 3.8) is 0 Å². The van der Waals surface area contributed by atoms with Crippen LogP contribution in [0.25, 0.3) is 11.1 Å². The first-order valence-corrected chi connectivity index (χ1v) is 14.9. The second-order valence-electron chi connectivity index (χ2n) is 9.63. The topological polar surface area (TPSA) is 84.0 Å². The fraction of sp³-hybridized carbons (Fsp3) is 0.286. The van der Waals surface area contributed by atoms with Crippen LogP contribution in [0, 0.1) is 0 Å². The summed E-state index contributed by atoms with van der Waals surface area (Å²) in [5.74, 6) is -1.47. The summed E-state index contributed by atoms with van der Waals surface area (Å²) < 4.78 is 70.4. The predicted octanol–water partition coefficient (Wildman–Crippen LogP) is 6.08. The van der Waals surface area contributed by atoms with Crippen LogP contribution in [0.2, 0.25) is 10.0 Å². The lowest BCUT2D eigenvalue weighted by Gasteiger charge is -2.25. The molecule has 41 heavy (non-hydrogen) atoms. The molecule has 0 spiro atoms. The van der Waals surface area contributed by atoms with Crippen LogP contribution >= 0.6 is 23.2 Å². The van der Waals surface area contributed by atoms with Crippen LogP contribution in [0.15, 0.2) is 59.5 Å². The number of likely N-dealkylation sites (N-methyl/N-ethyl adjacent to an activating group) is 1. The Morgan fingerprint density at radius 2 is 1.68 bits per heavy atom. The van der Waals surface area contributed by atoms with Crippen LogP contribution in [0.4, 0.5) is 13.2 Å². The average Bonchev–Trinajstić information content (AvgIpc) is 3.42. The molecule has 1 aliphatic heterocycles. The van der Waals surface area contributed by atoms with E-state index in [0.717, 1.165) is 25.5 Å². The summed E-state index contributed by atoms with van der Waals surface area (Å²) in [5.41, 5.74) is -0.235. The highest BCUT2D eigenvalue weighted by Gasteiger charge is 2.37. The summed E-state index contributed by atoms with van der Waals surface area (Å²) in [6.45, 7) is 0.381. The molecule has 4 rings (SSSR count). The van der Waals surface area contributed by atoms with Crippen LogP contribution in [0.5, 0.6) is 5.75 Å². The number of sulfone groups is 1. The van der Waals surface area contributed by atoms with Gasteiger partial charge in [0.1, 0.15) is 5.75 Å². The van der Waals surface area contributed by atoms with Crippen molar-refractivity contribution >= 4 is 44.9 Å². The molecule has 1 atom stereocenters. The molecule has 1 unspecified atom stereocenters. The van der Waals surface area contributed by atoms with Gasteiger partial charge in [0.25, 0.3) is 11.8 Å². The van der Waals surface area contributed by atoms with Crippen LogP contribution in [0.3, 0.4) is 0 Å². The van der Waals surface area contributed by atoms with Gasteiger partial charge in [-0.2, -0.15) is 13.2 Å². The SMILES string of the molecule is COc1ccc(C(=O)N(C)C2CCN(C(=O)c3ccc(-c4ccc(Cl)c(Cl)c4)c(S(C)(=O)=O)c3)C2)cc1C(F)(F)F. The molecule has 0 bridgehead atoms. The van der Waals surface area contributed by atoms with Crippen molar-refractivity contribution in [1.82, 2.24) is 9.80 Å². The van der Waals surface area contributed by atoms with Crippen molar-refractivity contribution in [2.75, 3.05) is 33.5 Å². The van der Waals surface area contributed by atoms with Crippen molar-refractivity contribution in [2.24, 2.45) is 0 Å². The number of ether oxygens (including phenoxy) is 1. The predicted molar refractivity (Wildman–Crippen MR) is 149 cm³/mol. The van der Waals surface area contributed by atoms with Crippen molar-refractivity contribution in [3.8, 4) is 16.9 Å². The maximum Gasteiger partial charge on any atom is 0.419 e. The number of nitrogens with zero attached hydrogens (tertiary/aromatic N) is 2. The number of halogens is 5. The van der Waals surface area contributed by atoms with Gasteiger partial charge in [0, 0.05) is 43.1 Å². The number of rotatable bonds is 6. The molecule has 0 N–H and O–H groups in total. The first-order chi connectivity index (χ1) is 19.1. The molecular weight excluding hydrogens is 604 g/mol. The average molecular weight is 629 g/mol. The molecule has 0 radical (unpaired) electrons. The van der Waals surface area contributed by atoms with E-state index >= 15 is 0 Å². The number of carbonyl (C=O) groups excluding carboxylic acids is 2. The number of hydrogen-bond acceptors (Lipinski definition) is 5. The molecule has 0 saturated carbocycles. The molecule has 0 aromatic heterocycles. The monoisotopic (exact) mass is 628 g/mol. The molecule has 7 nitrogen and oxygen atoms in total. The maximum atomic E-state index is 13.4. The largest absolute Gasteiger partial charge is 0.496 e. The normalized spacial score (nSPS) is 15.6. The van der Waals surface area contributed by atoms with E-state index in [4.69, 9.17) is 27.9 Å². The second-order valence-corrected chi connectivity index (χ2v) is 12.4. The summed E-state index contributed by atoms with van der Waals surface area (Å²) in [6, 6.07) is 11.7. The highest BCUT2D eigenvalue weighted by atomic mass is 35.5. The molecule has 1 heterocycles. The quantitative estimate of drug-likeness (QED) is 0.330. The first-order valence-electron chi connectivity index (χ1n) is 12.2. The number of amides is 2. The molecule has 13 heteroatoms. The van der Waals surface area contributed by atoms with Crippen molar-refractivity contribution in [2.45, 2.75) is 23.5 Å². The third kappa shape index (κ3) is 6.47. The number of methoxy groups -OCH3 is 1. The maximum absolute atomic E-state index is 13.4. The smallest absolute Gasteiger partial charge is 0.419 e. The molecular formula is C28H25Cl2F3N2O5S. The van der Waals surface area contributed by atoms with Gasteiger partial charge >= 0.3 is 6.18 Å². The molecule has 3 aromatic carbocycles.